The number of anilines is 1. The first-order valence-corrected chi connectivity index (χ1v) is 8.30. The maximum atomic E-state index is 12.4. The van der Waals surface area contributed by atoms with Gasteiger partial charge >= 0.3 is 5.97 Å². The van der Waals surface area contributed by atoms with Crippen LogP contribution in [0.1, 0.15) is 29.8 Å². The van der Waals surface area contributed by atoms with Crippen LogP contribution in [-0.2, 0) is 9.53 Å². The SMILES string of the molecule is CCOC(=O)c1ccc(C)c(NC(=O)[C@@H](C)Oc2ccccc2Cl)c1. The van der Waals surface area contributed by atoms with E-state index in [0.29, 0.717) is 22.0 Å². The number of nitrogens with one attached hydrogen (secondary N) is 1. The number of rotatable bonds is 6. The van der Waals surface area contributed by atoms with E-state index in [1.807, 2.05) is 6.92 Å². The number of para-hydroxylation sites is 1. The van der Waals surface area contributed by atoms with E-state index in [1.165, 1.54) is 0 Å². The van der Waals surface area contributed by atoms with Crippen molar-refractivity contribution in [3.8, 4) is 5.75 Å². The van der Waals surface area contributed by atoms with E-state index in [9.17, 15) is 9.59 Å². The summed E-state index contributed by atoms with van der Waals surface area (Å²) in [6, 6.07) is 11.9. The average Bonchev–Trinajstić information content (AvgIpc) is 2.59. The van der Waals surface area contributed by atoms with Crippen molar-refractivity contribution in [1.82, 2.24) is 0 Å². The van der Waals surface area contributed by atoms with Crippen molar-refractivity contribution in [3.05, 3.63) is 58.6 Å². The molecule has 0 radical (unpaired) electrons. The summed E-state index contributed by atoms with van der Waals surface area (Å²) < 4.78 is 10.6. The number of halogens is 1. The lowest BCUT2D eigenvalue weighted by atomic mass is 10.1. The van der Waals surface area contributed by atoms with Gasteiger partial charge in [-0.05, 0) is 50.6 Å². The molecule has 1 atom stereocenters. The van der Waals surface area contributed by atoms with Gasteiger partial charge in [0.05, 0.1) is 17.2 Å². The van der Waals surface area contributed by atoms with Crippen molar-refractivity contribution in [2.75, 3.05) is 11.9 Å². The average molecular weight is 362 g/mol. The van der Waals surface area contributed by atoms with Gasteiger partial charge in [0.25, 0.3) is 5.91 Å². The maximum absolute atomic E-state index is 12.4. The molecule has 0 aliphatic rings. The van der Waals surface area contributed by atoms with Crippen LogP contribution in [0.5, 0.6) is 5.75 Å². The maximum Gasteiger partial charge on any atom is 0.338 e. The Labute approximate surface area is 151 Å². The Bertz CT molecular complexity index is 776. The van der Waals surface area contributed by atoms with Crippen molar-refractivity contribution in [2.45, 2.75) is 26.9 Å². The minimum absolute atomic E-state index is 0.289. The quantitative estimate of drug-likeness (QED) is 0.782. The third-order valence-corrected chi connectivity index (χ3v) is 3.83. The zero-order chi connectivity index (χ0) is 18.4. The number of hydrogen-bond donors (Lipinski definition) is 1. The Kier molecular flexibility index (Phi) is 6.42. The molecule has 0 bridgehead atoms. The lowest BCUT2D eigenvalue weighted by Gasteiger charge is -2.17. The highest BCUT2D eigenvalue weighted by Gasteiger charge is 2.18. The van der Waals surface area contributed by atoms with Crippen LogP contribution in [0.2, 0.25) is 5.02 Å². The molecule has 1 amide bonds. The van der Waals surface area contributed by atoms with Crippen LogP contribution in [0.25, 0.3) is 0 Å². The topological polar surface area (TPSA) is 64.6 Å². The molecule has 0 unspecified atom stereocenters. The molecule has 2 rings (SSSR count). The molecule has 0 aliphatic heterocycles. The van der Waals surface area contributed by atoms with Crippen molar-refractivity contribution >= 4 is 29.2 Å². The molecule has 2 aromatic rings. The van der Waals surface area contributed by atoms with Crippen LogP contribution < -0.4 is 10.1 Å². The first-order chi connectivity index (χ1) is 11.9. The second-order valence-corrected chi connectivity index (χ2v) is 5.84. The van der Waals surface area contributed by atoms with Gasteiger partial charge in [0, 0.05) is 5.69 Å². The van der Waals surface area contributed by atoms with E-state index in [0.717, 1.165) is 5.56 Å². The van der Waals surface area contributed by atoms with Crippen LogP contribution >= 0.6 is 11.6 Å². The summed E-state index contributed by atoms with van der Waals surface area (Å²) in [6.07, 6.45) is -0.759. The Morgan fingerprint density at radius 2 is 1.92 bits per heavy atom. The van der Waals surface area contributed by atoms with Crippen molar-refractivity contribution in [1.29, 1.82) is 0 Å². The first kappa shape index (κ1) is 18.8. The number of carbonyl (C=O) groups excluding carboxylic acids is 2. The Morgan fingerprint density at radius 1 is 1.20 bits per heavy atom. The normalized spacial score (nSPS) is 11.5. The second kappa shape index (κ2) is 8.53. The number of carbonyl (C=O) groups is 2. The highest BCUT2D eigenvalue weighted by atomic mass is 35.5. The highest BCUT2D eigenvalue weighted by molar-refractivity contribution is 6.32. The number of ether oxygens (including phenoxy) is 2. The van der Waals surface area contributed by atoms with Gasteiger partial charge in [0.15, 0.2) is 6.10 Å². The molecule has 6 heteroatoms. The fourth-order valence-corrected chi connectivity index (χ4v) is 2.30. The van der Waals surface area contributed by atoms with Crippen LogP contribution in [0.3, 0.4) is 0 Å². The number of esters is 1. The predicted octanol–water partition coefficient (Wildman–Crippen LogP) is 4.23. The van der Waals surface area contributed by atoms with Gasteiger partial charge in [0.1, 0.15) is 5.75 Å². The summed E-state index contributed by atoms with van der Waals surface area (Å²) in [5.74, 6) is -0.341. The summed E-state index contributed by atoms with van der Waals surface area (Å²) in [6.45, 7) is 5.49. The van der Waals surface area contributed by atoms with E-state index >= 15 is 0 Å². The van der Waals surface area contributed by atoms with Crippen LogP contribution in [0.4, 0.5) is 5.69 Å². The van der Waals surface area contributed by atoms with E-state index in [1.54, 1.807) is 56.3 Å². The third-order valence-electron chi connectivity index (χ3n) is 3.52. The molecule has 5 nitrogen and oxygen atoms in total. The molecule has 0 fully saturated rings. The molecule has 0 aliphatic carbocycles. The fourth-order valence-electron chi connectivity index (χ4n) is 2.12. The van der Waals surface area contributed by atoms with Gasteiger partial charge < -0.3 is 14.8 Å². The molecule has 0 saturated heterocycles. The van der Waals surface area contributed by atoms with E-state index in [2.05, 4.69) is 5.32 Å². The van der Waals surface area contributed by atoms with E-state index in [-0.39, 0.29) is 12.5 Å². The van der Waals surface area contributed by atoms with E-state index < -0.39 is 12.1 Å². The van der Waals surface area contributed by atoms with Gasteiger partial charge in [-0.25, -0.2) is 4.79 Å². The summed E-state index contributed by atoms with van der Waals surface area (Å²) in [5.41, 5.74) is 1.74. The van der Waals surface area contributed by atoms with Crippen molar-refractivity contribution in [3.63, 3.8) is 0 Å². The number of benzene rings is 2. The lowest BCUT2D eigenvalue weighted by molar-refractivity contribution is -0.122. The molecular weight excluding hydrogens is 342 g/mol. The number of aryl methyl sites for hydroxylation is 1. The molecule has 1 N–H and O–H groups in total. The molecule has 0 heterocycles. The minimum Gasteiger partial charge on any atom is -0.479 e. The Morgan fingerprint density at radius 3 is 2.60 bits per heavy atom. The zero-order valence-electron chi connectivity index (χ0n) is 14.3. The highest BCUT2D eigenvalue weighted by Crippen LogP contribution is 2.25. The monoisotopic (exact) mass is 361 g/mol. The van der Waals surface area contributed by atoms with Crippen molar-refractivity contribution in [2.24, 2.45) is 0 Å². The molecular formula is C19H20ClNO4. The summed E-state index contributed by atoms with van der Waals surface area (Å²) >= 11 is 6.04. The number of amides is 1. The van der Waals surface area contributed by atoms with Gasteiger partial charge in [0.2, 0.25) is 0 Å². The van der Waals surface area contributed by atoms with Gasteiger partial charge in [-0.1, -0.05) is 29.8 Å². The summed E-state index contributed by atoms with van der Waals surface area (Å²) in [7, 11) is 0. The van der Waals surface area contributed by atoms with Gasteiger partial charge in [-0.3, -0.25) is 4.79 Å². The Balaban J connectivity index is 2.10. The Hall–Kier alpha value is -2.53. The third kappa shape index (κ3) is 4.97. The molecule has 25 heavy (non-hydrogen) atoms. The fraction of sp³-hybridized carbons (Fsp3) is 0.263. The molecule has 132 valence electrons. The summed E-state index contributed by atoms with van der Waals surface area (Å²) in [5, 5.41) is 3.21. The summed E-state index contributed by atoms with van der Waals surface area (Å²) in [4.78, 5) is 24.2. The van der Waals surface area contributed by atoms with Crippen molar-refractivity contribution < 1.29 is 19.1 Å². The molecule has 0 saturated carbocycles. The first-order valence-electron chi connectivity index (χ1n) is 7.92. The lowest BCUT2D eigenvalue weighted by Crippen LogP contribution is -2.30. The van der Waals surface area contributed by atoms with Crippen LogP contribution in [-0.4, -0.2) is 24.6 Å². The smallest absolute Gasteiger partial charge is 0.338 e. The zero-order valence-corrected chi connectivity index (χ0v) is 15.1. The van der Waals surface area contributed by atoms with E-state index in [4.69, 9.17) is 21.1 Å². The van der Waals surface area contributed by atoms with Crippen LogP contribution in [0.15, 0.2) is 42.5 Å². The predicted molar refractivity (Wildman–Crippen MR) is 97.3 cm³/mol. The van der Waals surface area contributed by atoms with Crippen LogP contribution in [0, 0.1) is 6.92 Å². The standard InChI is InChI=1S/C19H20ClNO4/c1-4-24-19(23)14-10-9-12(2)16(11-14)21-18(22)13(3)25-17-8-6-5-7-15(17)20/h5-11,13H,4H2,1-3H3,(H,21,22)/t13-/m1/s1. The second-order valence-electron chi connectivity index (χ2n) is 5.43. The van der Waals surface area contributed by atoms with Gasteiger partial charge in [-0.2, -0.15) is 0 Å². The molecule has 0 spiro atoms. The van der Waals surface area contributed by atoms with Gasteiger partial charge in [-0.15, -0.1) is 0 Å². The largest absolute Gasteiger partial charge is 0.479 e. The molecule has 0 aromatic heterocycles. The minimum atomic E-state index is -0.759. The number of hydrogen-bond acceptors (Lipinski definition) is 4. The molecule has 2 aromatic carbocycles.